The van der Waals surface area contributed by atoms with Gasteiger partial charge in [-0.25, -0.2) is 12.8 Å². The Morgan fingerprint density at radius 2 is 1.26 bits per heavy atom. The van der Waals surface area contributed by atoms with Crippen molar-refractivity contribution in [3.8, 4) is 0 Å². The Kier molecular flexibility index (Phi) is 3.47. The molecule has 0 saturated carbocycles. The van der Waals surface area contributed by atoms with Crippen molar-refractivity contribution < 1.29 is 32.2 Å². The van der Waals surface area contributed by atoms with Crippen LogP contribution in [0.4, 0.5) is 29.5 Å². The lowest BCUT2D eigenvalue weighted by Gasteiger charge is -2.40. The van der Waals surface area contributed by atoms with Gasteiger partial charge in [-0.3, -0.25) is 4.72 Å². The molecule has 3 nitrogen and oxygen atoms in total. The fourth-order valence-corrected chi connectivity index (χ4v) is 3.32. The maximum Gasteiger partial charge on any atom is 0.310 e. The van der Waals surface area contributed by atoms with Gasteiger partial charge in [-0.2, -0.15) is 0 Å². The van der Waals surface area contributed by atoms with E-state index in [2.05, 4.69) is 0 Å². The van der Waals surface area contributed by atoms with Crippen molar-refractivity contribution in [3.63, 3.8) is 0 Å². The number of anilines is 1. The molecular weight excluding hydrogens is 368 g/mol. The van der Waals surface area contributed by atoms with Crippen molar-refractivity contribution in [2.45, 2.75) is 9.79 Å². The highest BCUT2D eigenvalue weighted by Gasteiger charge is 2.65. The average molecular weight is 377 g/mol. The molecule has 11 heteroatoms. The number of benzene rings is 2. The van der Waals surface area contributed by atoms with E-state index in [9.17, 15) is 32.2 Å². The van der Waals surface area contributed by atoms with Gasteiger partial charge in [0.2, 0.25) is 0 Å². The predicted octanol–water partition coefficient (Wildman–Crippen LogP) is 5.28. The lowest BCUT2D eigenvalue weighted by atomic mass is 10.3. The Hall–Kier alpha value is -1.88. The molecule has 0 atom stereocenters. The van der Waals surface area contributed by atoms with Crippen LogP contribution in [0.25, 0.3) is 0 Å². The van der Waals surface area contributed by atoms with Gasteiger partial charge in [0.05, 0.1) is 4.90 Å². The smallest absolute Gasteiger partial charge is 0.280 e. The average Bonchev–Trinajstić information content (AvgIpc) is 2.36. The minimum absolute atomic E-state index is 0.0874. The molecule has 0 aliphatic carbocycles. The van der Waals surface area contributed by atoms with Crippen LogP contribution in [0.1, 0.15) is 0 Å². The fourth-order valence-electron chi connectivity index (χ4n) is 1.61. The molecule has 0 fully saturated rings. The van der Waals surface area contributed by atoms with Crippen molar-refractivity contribution in [3.05, 3.63) is 54.3 Å². The summed E-state index contributed by atoms with van der Waals surface area (Å²) in [7, 11) is -14.0. The Morgan fingerprint density at radius 3 is 1.70 bits per heavy atom. The van der Waals surface area contributed by atoms with E-state index in [4.69, 9.17) is 0 Å². The topological polar surface area (TPSA) is 46.2 Å². The highest BCUT2D eigenvalue weighted by atomic mass is 32.5. The van der Waals surface area contributed by atoms with Gasteiger partial charge in [0.25, 0.3) is 10.0 Å². The highest BCUT2D eigenvalue weighted by molar-refractivity contribution is 8.45. The maximum atomic E-state index is 12.7. The first kappa shape index (κ1) is 17.5. The number of sulfonamides is 1. The van der Waals surface area contributed by atoms with Gasteiger partial charge >= 0.3 is 10.2 Å². The summed E-state index contributed by atoms with van der Waals surface area (Å²) in [5, 5.41) is 0. The molecule has 0 amide bonds. The second-order valence-electron chi connectivity index (χ2n) is 4.55. The monoisotopic (exact) mass is 377 g/mol. The number of hydrogen-bond donors (Lipinski definition) is 1. The third-order valence-electron chi connectivity index (χ3n) is 2.68. The molecule has 1 N–H and O–H groups in total. The van der Waals surface area contributed by atoms with Gasteiger partial charge < -0.3 is 0 Å². The number of rotatable bonds is 4. The second kappa shape index (κ2) is 4.57. The largest absolute Gasteiger partial charge is 0.310 e. The maximum absolute atomic E-state index is 12.7. The molecule has 128 valence electrons. The van der Waals surface area contributed by atoms with Crippen LogP contribution in [-0.2, 0) is 10.0 Å². The number of hydrogen-bond acceptors (Lipinski definition) is 2. The van der Waals surface area contributed by atoms with Crippen molar-refractivity contribution in [2.24, 2.45) is 0 Å². The van der Waals surface area contributed by atoms with Crippen LogP contribution < -0.4 is 4.72 Å². The molecule has 0 radical (unpaired) electrons. The standard InChI is InChI=1S/C12H9F6NO2S2/c13-9-1-5-11(6-2-9)22(20,21)19-10-3-7-12(8-4-10)23(14,15,16,17)18/h1-8,19H. The predicted molar refractivity (Wildman–Crippen MR) is 75.0 cm³/mol. The molecule has 2 aromatic rings. The Morgan fingerprint density at radius 1 is 0.783 bits per heavy atom. The van der Waals surface area contributed by atoms with Gasteiger partial charge in [-0.05, 0) is 48.5 Å². The summed E-state index contributed by atoms with van der Waals surface area (Å²) in [6, 6.07) is 4.95. The molecule has 0 bridgehead atoms. The number of halogens is 6. The van der Waals surface area contributed by atoms with E-state index in [0.29, 0.717) is 12.1 Å². The van der Waals surface area contributed by atoms with Gasteiger partial charge in [0, 0.05) is 5.69 Å². The molecule has 0 spiro atoms. The highest BCUT2D eigenvalue weighted by Crippen LogP contribution is 3.02. The SMILES string of the molecule is O=S(=O)(Nc1ccc(S(F)(F)(F)(F)F)cc1)c1ccc(F)cc1. The second-order valence-corrected chi connectivity index (χ2v) is 8.64. The fraction of sp³-hybridized carbons (Fsp3) is 0. The molecule has 0 aliphatic heterocycles. The zero-order valence-electron chi connectivity index (χ0n) is 11.0. The van der Waals surface area contributed by atoms with Crippen molar-refractivity contribution in [1.82, 2.24) is 0 Å². The summed E-state index contributed by atoms with van der Waals surface area (Å²) < 4.78 is 101. The van der Waals surface area contributed by atoms with E-state index in [1.54, 1.807) is 0 Å². The van der Waals surface area contributed by atoms with Crippen LogP contribution in [0, 0.1) is 5.82 Å². The third kappa shape index (κ3) is 4.32. The summed E-state index contributed by atoms with van der Waals surface area (Å²) in [5.74, 6) is -0.677. The van der Waals surface area contributed by atoms with Crippen LogP contribution in [0.3, 0.4) is 0 Å². The van der Waals surface area contributed by atoms with E-state index in [-0.39, 0.29) is 22.7 Å². The van der Waals surface area contributed by atoms with Crippen molar-refractivity contribution in [2.75, 3.05) is 4.72 Å². The number of nitrogens with one attached hydrogen (secondary N) is 1. The Balaban J connectivity index is 2.30. The summed E-state index contributed by atoms with van der Waals surface area (Å²) in [6.45, 7) is 0. The first-order chi connectivity index (χ1) is 10.2. The summed E-state index contributed by atoms with van der Waals surface area (Å²) >= 11 is 0. The van der Waals surface area contributed by atoms with Gasteiger partial charge in [-0.1, -0.05) is 19.4 Å². The van der Waals surface area contributed by atoms with Crippen LogP contribution >= 0.6 is 10.2 Å². The molecule has 0 unspecified atom stereocenters. The lowest BCUT2D eigenvalue weighted by Crippen LogP contribution is -2.13. The molecule has 0 aliphatic rings. The quantitative estimate of drug-likeness (QED) is 0.737. The zero-order chi connectivity index (χ0) is 17.6. The summed E-state index contributed by atoms with van der Waals surface area (Å²) in [6.07, 6.45) is 0. The van der Waals surface area contributed by atoms with E-state index in [0.717, 1.165) is 24.3 Å². The summed E-state index contributed by atoms with van der Waals surface area (Å²) in [4.78, 5) is -2.47. The molecule has 0 aromatic heterocycles. The van der Waals surface area contributed by atoms with Crippen molar-refractivity contribution >= 4 is 25.9 Å². The first-order valence-corrected chi connectivity index (χ1v) is 9.23. The van der Waals surface area contributed by atoms with Gasteiger partial charge in [0.1, 0.15) is 10.7 Å². The van der Waals surface area contributed by atoms with Crippen molar-refractivity contribution in [1.29, 1.82) is 0 Å². The van der Waals surface area contributed by atoms with Crippen LogP contribution in [-0.4, -0.2) is 8.42 Å². The molecule has 0 saturated heterocycles. The zero-order valence-corrected chi connectivity index (χ0v) is 12.7. The first-order valence-electron chi connectivity index (χ1n) is 5.80. The van der Waals surface area contributed by atoms with E-state index in [1.807, 2.05) is 4.72 Å². The molecule has 2 rings (SSSR count). The molecule has 0 heterocycles. The lowest BCUT2D eigenvalue weighted by molar-refractivity contribution is 0.364. The Bertz CT molecular complexity index is 831. The molecule has 2 aromatic carbocycles. The van der Waals surface area contributed by atoms with E-state index in [1.165, 1.54) is 0 Å². The minimum atomic E-state index is -9.81. The summed E-state index contributed by atoms with van der Waals surface area (Å²) in [5.41, 5.74) is -0.347. The van der Waals surface area contributed by atoms with Crippen LogP contribution in [0.15, 0.2) is 58.3 Å². The van der Waals surface area contributed by atoms with Gasteiger partial charge in [0.15, 0.2) is 0 Å². The van der Waals surface area contributed by atoms with Crippen LogP contribution in [0.2, 0.25) is 0 Å². The third-order valence-corrected chi connectivity index (χ3v) is 5.24. The normalized spacial score (nSPS) is 15.6. The minimum Gasteiger partial charge on any atom is -0.280 e. The van der Waals surface area contributed by atoms with Gasteiger partial charge in [-0.15, -0.1) is 0 Å². The van der Waals surface area contributed by atoms with Crippen LogP contribution in [0.5, 0.6) is 0 Å². The van der Waals surface area contributed by atoms with E-state index >= 15 is 0 Å². The molecular formula is C12H9F6NO2S2. The van der Waals surface area contributed by atoms with E-state index < -0.39 is 31.0 Å². The Labute approximate surface area is 127 Å². The molecule has 23 heavy (non-hydrogen) atoms.